The Morgan fingerprint density at radius 1 is 0.846 bits per heavy atom. The Morgan fingerprint density at radius 2 is 1.38 bits per heavy atom. The van der Waals surface area contributed by atoms with Crippen molar-refractivity contribution in [2.45, 2.75) is 38.1 Å². The first kappa shape index (κ1) is 11.0. The second-order valence-electron chi connectivity index (χ2n) is 3.69. The first-order valence-electron chi connectivity index (χ1n) is 4.83. The third-order valence-electron chi connectivity index (χ3n) is 3.08. The molecule has 3 nitrogen and oxygen atoms in total. The summed E-state index contributed by atoms with van der Waals surface area (Å²) in [6.45, 7) is 2.16. The summed E-state index contributed by atoms with van der Waals surface area (Å²) in [5.74, 6) is 0.411. The van der Waals surface area contributed by atoms with Crippen LogP contribution in [0.5, 0.6) is 0 Å². The highest BCUT2D eigenvalue weighted by Gasteiger charge is 2.37. The van der Waals surface area contributed by atoms with E-state index in [4.69, 9.17) is 14.2 Å². The van der Waals surface area contributed by atoms with Gasteiger partial charge in [0.05, 0.1) is 18.3 Å². The van der Waals surface area contributed by atoms with Crippen LogP contribution in [0.4, 0.5) is 0 Å². The van der Waals surface area contributed by atoms with Crippen molar-refractivity contribution in [3.8, 4) is 0 Å². The van der Waals surface area contributed by atoms with Crippen LogP contribution in [0.2, 0.25) is 0 Å². The highest BCUT2D eigenvalue weighted by Crippen LogP contribution is 2.30. The van der Waals surface area contributed by atoms with Crippen LogP contribution >= 0.6 is 0 Å². The van der Waals surface area contributed by atoms with Gasteiger partial charge in [0.15, 0.2) is 0 Å². The maximum absolute atomic E-state index is 5.43. The number of ether oxygens (including phenoxy) is 3. The molecule has 0 bridgehead atoms. The summed E-state index contributed by atoms with van der Waals surface area (Å²) in [7, 11) is 5.25. The quantitative estimate of drug-likeness (QED) is 0.671. The summed E-state index contributed by atoms with van der Waals surface area (Å²) >= 11 is 0. The van der Waals surface area contributed by atoms with Crippen LogP contribution in [0, 0.1) is 5.92 Å². The molecule has 0 heterocycles. The Bertz CT molecular complexity index is 149. The predicted octanol–water partition coefficient (Wildman–Crippen LogP) is 1.46. The van der Waals surface area contributed by atoms with Crippen LogP contribution in [0.3, 0.4) is 0 Å². The summed E-state index contributed by atoms with van der Waals surface area (Å²) in [5, 5.41) is 0. The smallest absolute Gasteiger partial charge is 0.0882 e. The SMILES string of the molecule is COC1CCC(OC)C(OC)C1C. The summed E-state index contributed by atoms with van der Waals surface area (Å²) < 4.78 is 16.2. The van der Waals surface area contributed by atoms with E-state index in [0.29, 0.717) is 12.0 Å². The molecule has 0 saturated heterocycles. The van der Waals surface area contributed by atoms with E-state index in [0.717, 1.165) is 12.8 Å². The van der Waals surface area contributed by atoms with E-state index < -0.39 is 0 Å². The number of hydrogen-bond acceptors (Lipinski definition) is 3. The van der Waals surface area contributed by atoms with Crippen LogP contribution in [0.1, 0.15) is 19.8 Å². The van der Waals surface area contributed by atoms with Crippen molar-refractivity contribution < 1.29 is 14.2 Å². The Morgan fingerprint density at radius 3 is 1.85 bits per heavy atom. The molecule has 0 aromatic heterocycles. The summed E-state index contributed by atoms with van der Waals surface area (Å²) in [6.07, 6.45) is 2.81. The lowest BCUT2D eigenvalue weighted by molar-refractivity contribution is -0.127. The van der Waals surface area contributed by atoms with Crippen LogP contribution in [0.15, 0.2) is 0 Å². The molecule has 13 heavy (non-hydrogen) atoms. The molecule has 0 radical (unpaired) electrons. The lowest BCUT2D eigenvalue weighted by Gasteiger charge is -2.39. The minimum Gasteiger partial charge on any atom is -0.381 e. The topological polar surface area (TPSA) is 27.7 Å². The molecule has 0 aliphatic heterocycles. The first-order valence-corrected chi connectivity index (χ1v) is 4.83. The van der Waals surface area contributed by atoms with E-state index in [1.54, 1.807) is 21.3 Å². The fourth-order valence-electron chi connectivity index (χ4n) is 2.26. The maximum Gasteiger partial charge on any atom is 0.0882 e. The number of hydrogen-bond donors (Lipinski definition) is 0. The third-order valence-corrected chi connectivity index (χ3v) is 3.08. The lowest BCUT2D eigenvalue weighted by Crippen LogP contribution is -2.46. The molecule has 4 unspecified atom stereocenters. The maximum atomic E-state index is 5.43. The van der Waals surface area contributed by atoms with Gasteiger partial charge in [0.1, 0.15) is 0 Å². The molecule has 78 valence electrons. The van der Waals surface area contributed by atoms with Gasteiger partial charge in [-0.05, 0) is 12.8 Å². The van der Waals surface area contributed by atoms with Gasteiger partial charge in [0.2, 0.25) is 0 Å². The average molecular weight is 188 g/mol. The molecule has 1 fully saturated rings. The highest BCUT2D eigenvalue weighted by atomic mass is 16.5. The van der Waals surface area contributed by atoms with Crippen molar-refractivity contribution in [3.05, 3.63) is 0 Å². The van der Waals surface area contributed by atoms with Gasteiger partial charge in [-0.2, -0.15) is 0 Å². The minimum atomic E-state index is 0.170. The zero-order valence-corrected chi connectivity index (χ0v) is 8.95. The first-order chi connectivity index (χ1) is 6.24. The molecule has 0 N–H and O–H groups in total. The molecular weight excluding hydrogens is 168 g/mol. The second kappa shape index (κ2) is 4.94. The molecule has 3 heteroatoms. The third kappa shape index (κ3) is 2.22. The largest absolute Gasteiger partial charge is 0.381 e. The lowest BCUT2D eigenvalue weighted by atomic mass is 9.83. The van der Waals surface area contributed by atoms with Crippen molar-refractivity contribution >= 4 is 0 Å². The van der Waals surface area contributed by atoms with Crippen molar-refractivity contribution in [1.82, 2.24) is 0 Å². The summed E-state index contributed by atoms with van der Waals surface area (Å²) in [5.41, 5.74) is 0. The van der Waals surface area contributed by atoms with Crippen molar-refractivity contribution in [1.29, 1.82) is 0 Å². The van der Waals surface area contributed by atoms with Crippen molar-refractivity contribution in [2.24, 2.45) is 5.92 Å². The fraction of sp³-hybridized carbons (Fsp3) is 1.00. The van der Waals surface area contributed by atoms with Gasteiger partial charge in [0.25, 0.3) is 0 Å². The predicted molar refractivity (Wildman–Crippen MR) is 50.8 cm³/mol. The molecule has 1 aliphatic rings. The van der Waals surface area contributed by atoms with Gasteiger partial charge < -0.3 is 14.2 Å². The van der Waals surface area contributed by atoms with Gasteiger partial charge in [-0.3, -0.25) is 0 Å². The zero-order chi connectivity index (χ0) is 9.84. The standard InChI is InChI=1S/C10H20O3/c1-7-8(11-2)5-6-9(12-3)10(7)13-4/h7-10H,5-6H2,1-4H3. The van der Waals surface area contributed by atoms with Gasteiger partial charge in [-0.1, -0.05) is 6.92 Å². The normalized spacial score (nSPS) is 40.6. The molecule has 4 atom stereocenters. The molecule has 1 aliphatic carbocycles. The molecule has 0 aromatic carbocycles. The number of rotatable bonds is 3. The van der Waals surface area contributed by atoms with Crippen LogP contribution in [0.25, 0.3) is 0 Å². The Hall–Kier alpha value is -0.120. The Labute approximate surface area is 80.4 Å². The molecule has 0 amide bonds. The molecule has 1 rings (SSSR count). The van der Waals surface area contributed by atoms with E-state index in [2.05, 4.69) is 6.92 Å². The van der Waals surface area contributed by atoms with E-state index in [1.165, 1.54) is 0 Å². The van der Waals surface area contributed by atoms with Gasteiger partial charge >= 0.3 is 0 Å². The van der Waals surface area contributed by atoms with E-state index >= 15 is 0 Å². The Balaban J connectivity index is 2.59. The van der Waals surface area contributed by atoms with Crippen molar-refractivity contribution in [3.63, 3.8) is 0 Å². The summed E-state index contributed by atoms with van der Waals surface area (Å²) in [4.78, 5) is 0. The minimum absolute atomic E-state index is 0.170. The summed E-state index contributed by atoms with van der Waals surface area (Å²) in [6, 6.07) is 0. The molecule has 1 saturated carbocycles. The van der Waals surface area contributed by atoms with E-state index in [-0.39, 0.29) is 12.2 Å². The monoisotopic (exact) mass is 188 g/mol. The van der Waals surface area contributed by atoms with Crippen LogP contribution < -0.4 is 0 Å². The van der Waals surface area contributed by atoms with Crippen LogP contribution in [-0.2, 0) is 14.2 Å². The van der Waals surface area contributed by atoms with Gasteiger partial charge in [-0.15, -0.1) is 0 Å². The zero-order valence-electron chi connectivity index (χ0n) is 8.95. The molecule has 0 aromatic rings. The molecule has 0 spiro atoms. The van der Waals surface area contributed by atoms with E-state index in [9.17, 15) is 0 Å². The fourth-order valence-corrected chi connectivity index (χ4v) is 2.26. The highest BCUT2D eigenvalue weighted by molar-refractivity contribution is 4.87. The second-order valence-corrected chi connectivity index (χ2v) is 3.69. The van der Waals surface area contributed by atoms with E-state index in [1.807, 2.05) is 0 Å². The molecular formula is C10H20O3. The Kier molecular flexibility index (Phi) is 4.16. The average Bonchev–Trinajstić information content (AvgIpc) is 2.17. The number of methoxy groups -OCH3 is 3. The van der Waals surface area contributed by atoms with Gasteiger partial charge in [-0.25, -0.2) is 0 Å². The van der Waals surface area contributed by atoms with Gasteiger partial charge in [0, 0.05) is 27.2 Å². The van der Waals surface area contributed by atoms with Crippen molar-refractivity contribution in [2.75, 3.05) is 21.3 Å². The van der Waals surface area contributed by atoms with Crippen LogP contribution in [-0.4, -0.2) is 39.6 Å².